The van der Waals surface area contributed by atoms with Crippen LogP contribution in [0, 0.1) is 6.92 Å². The first kappa shape index (κ1) is 12.4. The molecule has 0 saturated carbocycles. The van der Waals surface area contributed by atoms with Crippen molar-refractivity contribution in [1.82, 2.24) is 9.55 Å². The third-order valence-electron chi connectivity index (χ3n) is 3.02. The zero-order chi connectivity index (χ0) is 13.0. The lowest BCUT2D eigenvalue weighted by atomic mass is 10.1. The highest BCUT2D eigenvalue weighted by atomic mass is 15.2. The minimum Gasteiger partial charge on any atom is -0.325 e. The van der Waals surface area contributed by atoms with E-state index in [1.54, 1.807) is 6.20 Å². The maximum Gasteiger partial charge on any atom is 0.207 e. The quantitative estimate of drug-likeness (QED) is 0.809. The molecular formula is C15H19N3. The number of imidazole rings is 1. The van der Waals surface area contributed by atoms with Crippen molar-refractivity contribution >= 4 is 11.6 Å². The van der Waals surface area contributed by atoms with E-state index in [-0.39, 0.29) is 0 Å². The summed E-state index contributed by atoms with van der Waals surface area (Å²) in [5.74, 6) is 0.860. The van der Waals surface area contributed by atoms with Crippen molar-refractivity contribution in [3.05, 3.63) is 54.4 Å². The minimum atomic E-state index is 0.760. The van der Waals surface area contributed by atoms with E-state index in [0.29, 0.717) is 0 Å². The summed E-state index contributed by atoms with van der Waals surface area (Å²) in [6.45, 7) is 8.79. The monoisotopic (exact) mass is 241 g/mol. The van der Waals surface area contributed by atoms with E-state index in [9.17, 15) is 0 Å². The van der Waals surface area contributed by atoms with E-state index in [1.165, 1.54) is 11.1 Å². The third kappa shape index (κ3) is 2.45. The SMILES string of the molecule is C=CCn1ccnc1Nc1c(C)cccc1CC. The second kappa shape index (κ2) is 5.54. The Kier molecular flexibility index (Phi) is 3.82. The Hall–Kier alpha value is -2.03. The molecule has 0 saturated heterocycles. The lowest BCUT2D eigenvalue weighted by Gasteiger charge is -2.14. The summed E-state index contributed by atoms with van der Waals surface area (Å²) in [7, 11) is 0. The number of hydrogen-bond donors (Lipinski definition) is 1. The van der Waals surface area contributed by atoms with Gasteiger partial charge in [0.2, 0.25) is 5.95 Å². The molecule has 3 nitrogen and oxygen atoms in total. The third-order valence-corrected chi connectivity index (χ3v) is 3.02. The maximum atomic E-state index is 4.35. The molecule has 2 aromatic rings. The molecule has 0 aliphatic carbocycles. The summed E-state index contributed by atoms with van der Waals surface area (Å²) in [6.07, 6.45) is 6.63. The number of nitrogens with zero attached hydrogens (tertiary/aromatic N) is 2. The summed E-state index contributed by atoms with van der Waals surface area (Å²) in [6, 6.07) is 6.36. The number of benzene rings is 1. The predicted molar refractivity (Wildman–Crippen MR) is 76.3 cm³/mol. The molecule has 3 heteroatoms. The molecule has 0 aliphatic heterocycles. The zero-order valence-electron chi connectivity index (χ0n) is 11.0. The summed E-state index contributed by atoms with van der Waals surface area (Å²) >= 11 is 0. The van der Waals surface area contributed by atoms with Gasteiger partial charge in [-0.05, 0) is 24.5 Å². The van der Waals surface area contributed by atoms with Crippen LogP contribution >= 0.6 is 0 Å². The Bertz CT molecular complexity index is 540. The highest BCUT2D eigenvalue weighted by Gasteiger charge is 2.07. The Morgan fingerprint density at radius 3 is 3.00 bits per heavy atom. The van der Waals surface area contributed by atoms with Gasteiger partial charge in [0.05, 0.1) is 0 Å². The fraction of sp³-hybridized carbons (Fsp3) is 0.267. The number of allylic oxidation sites excluding steroid dienone is 1. The number of para-hydroxylation sites is 1. The molecule has 1 heterocycles. The van der Waals surface area contributed by atoms with Gasteiger partial charge in [-0.3, -0.25) is 0 Å². The first-order valence-electron chi connectivity index (χ1n) is 6.23. The van der Waals surface area contributed by atoms with Gasteiger partial charge in [0.25, 0.3) is 0 Å². The molecule has 18 heavy (non-hydrogen) atoms. The van der Waals surface area contributed by atoms with E-state index in [0.717, 1.165) is 24.6 Å². The molecule has 0 atom stereocenters. The molecule has 0 amide bonds. The van der Waals surface area contributed by atoms with Crippen LogP contribution in [0.25, 0.3) is 0 Å². The number of anilines is 2. The molecule has 0 bridgehead atoms. The Balaban J connectivity index is 2.33. The Morgan fingerprint density at radius 2 is 2.28 bits per heavy atom. The van der Waals surface area contributed by atoms with Crippen LogP contribution in [-0.2, 0) is 13.0 Å². The van der Waals surface area contributed by atoms with Crippen molar-refractivity contribution in [2.24, 2.45) is 0 Å². The van der Waals surface area contributed by atoms with Crippen LogP contribution in [0.2, 0.25) is 0 Å². The van der Waals surface area contributed by atoms with E-state index in [1.807, 2.05) is 16.8 Å². The van der Waals surface area contributed by atoms with Gasteiger partial charge < -0.3 is 9.88 Å². The molecule has 1 N–H and O–H groups in total. The lowest BCUT2D eigenvalue weighted by Crippen LogP contribution is -2.05. The van der Waals surface area contributed by atoms with Crippen molar-refractivity contribution in [2.45, 2.75) is 26.8 Å². The first-order valence-corrected chi connectivity index (χ1v) is 6.23. The van der Waals surface area contributed by atoms with Crippen LogP contribution in [0.4, 0.5) is 11.6 Å². The average molecular weight is 241 g/mol. The first-order chi connectivity index (χ1) is 8.76. The van der Waals surface area contributed by atoms with Gasteiger partial charge in [0.1, 0.15) is 0 Å². The number of rotatable bonds is 5. The van der Waals surface area contributed by atoms with Crippen LogP contribution in [-0.4, -0.2) is 9.55 Å². The standard InChI is InChI=1S/C15H19N3/c1-4-10-18-11-9-16-15(18)17-14-12(3)7-6-8-13(14)5-2/h4,6-9,11H,1,5,10H2,2-3H3,(H,16,17). The van der Waals surface area contributed by atoms with Gasteiger partial charge in [-0.25, -0.2) is 4.98 Å². The van der Waals surface area contributed by atoms with Crippen LogP contribution < -0.4 is 5.32 Å². The van der Waals surface area contributed by atoms with Gasteiger partial charge >= 0.3 is 0 Å². The molecule has 1 aromatic heterocycles. The normalized spacial score (nSPS) is 10.3. The number of hydrogen-bond acceptors (Lipinski definition) is 2. The van der Waals surface area contributed by atoms with E-state index in [2.05, 4.69) is 48.9 Å². The molecule has 0 fully saturated rings. The summed E-state index contributed by atoms with van der Waals surface area (Å²) in [4.78, 5) is 4.35. The highest BCUT2D eigenvalue weighted by Crippen LogP contribution is 2.24. The molecule has 0 aliphatic rings. The summed E-state index contributed by atoms with van der Waals surface area (Å²) < 4.78 is 2.04. The predicted octanol–water partition coefficient (Wildman–Crippen LogP) is 3.68. The molecule has 1 aromatic carbocycles. The van der Waals surface area contributed by atoms with E-state index >= 15 is 0 Å². The number of aromatic nitrogens is 2. The van der Waals surface area contributed by atoms with Crippen molar-refractivity contribution in [3.63, 3.8) is 0 Å². The molecule has 94 valence electrons. The van der Waals surface area contributed by atoms with Crippen molar-refractivity contribution in [2.75, 3.05) is 5.32 Å². The zero-order valence-corrected chi connectivity index (χ0v) is 11.0. The van der Waals surface area contributed by atoms with Crippen molar-refractivity contribution < 1.29 is 0 Å². The molecular weight excluding hydrogens is 222 g/mol. The molecule has 0 unspecified atom stereocenters. The number of nitrogens with one attached hydrogen (secondary N) is 1. The Labute approximate surface area is 108 Å². The summed E-state index contributed by atoms with van der Waals surface area (Å²) in [5, 5.41) is 3.43. The van der Waals surface area contributed by atoms with Gasteiger partial charge in [-0.2, -0.15) is 0 Å². The fourth-order valence-electron chi connectivity index (χ4n) is 2.03. The second-order valence-electron chi connectivity index (χ2n) is 4.28. The minimum absolute atomic E-state index is 0.760. The largest absolute Gasteiger partial charge is 0.325 e. The highest BCUT2D eigenvalue weighted by molar-refractivity contribution is 5.63. The summed E-state index contributed by atoms with van der Waals surface area (Å²) in [5.41, 5.74) is 3.71. The smallest absolute Gasteiger partial charge is 0.207 e. The molecule has 0 radical (unpaired) electrons. The van der Waals surface area contributed by atoms with Crippen molar-refractivity contribution in [1.29, 1.82) is 0 Å². The number of aryl methyl sites for hydroxylation is 2. The van der Waals surface area contributed by atoms with E-state index < -0.39 is 0 Å². The van der Waals surface area contributed by atoms with Gasteiger partial charge in [0.15, 0.2) is 0 Å². The fourth-order valence-corrected chi connectivity index (χ4v) is 2.03. The average Bonchev–Trinajstić information content (AvgIpc) is 2.80. The van der Waals surface area contributed by atoms with Gasteiger partial charge in [-0.15, -0.1) is 6.58 Å². The van der Waals surface area contributed by atoms with Crippen molar-refractivity contribution in [3.8, 4) is 0 Å². The van der Waals surface area contributed by atoms with Gasteiger partial charge in [-0.1, -0.05) is 31.2 Å². The van der Waals surface area contributed by atoms with Crippen LogP contribution in [0.5, 0.6) is 0 Å². The van der Waals surface area contributed by atoms with Crippen LogP contribution in [0.1, 0.15) is 18.1 Å². The second-order valence-corrected chi connectivity index (χ2v) is 4.28. The molecule has 2 rings (SSSR count). The molecule has 0 spiro atoms. The van der Waals surface area contributed by atoms with Crippen LogP contribution in [0.3, 0.4) is 0 Å². The maximum absolute atomic E-state index is 4.35. The van der Waals surface area contributed by atoms with Crippen LogP contribution in [0.15, 0.2) is 43.2 Å². The topological polar surface area (TPSA) is 29.9 Å². The lowest BCUT2D eigenvalue weighted by molar-refractivity contribution is 0.832. The van der Waals surface area contributed by atoms with E-state index in [4.69, 9.17) is 0 Å². The van der Waals surface area contributed by atoms with Gasteiger partial charge in [0, 0.05) is 24.6 Å². The Morgan fingerprint density at radius 1 is 1.44 bits per heavy atom.